The Morgan fingerprint density at radius 3 is 2.74 bits per heavy atom. The van der Waals surface area contributed by atoms with Crippen LogP contribution in [0.15, 0.2) is 5.38 Å². The van der Waals surface area contributed by atoms with Crippen molar-refractivity contribution in [2.45, 2.75) is 38.8 Å². The molecule has 4 heterocycles. The molecule has 130 valence electrons. The topological polar surface area (TPSA) is 56.8 Å². The minimum absolute atomic E-state index is 0.301. The lowest BCUT2D eigenvalue weighted by atomic mass is 9.95. The lowest BCUT2D eigenvalue weighted by Gasteiger charge is -2.35. The molecule has 3 saturated heterocycles. The van der Waals surface area contributed by atoms with E-state index < -0.39 is 10.2 Å². The van der Waals surface area contributed by atoms with E-state index in [1.807, 2.05) is 0 Å². The number of hydrogen-bond donors (Lipinski definition) is 0. The fourth-order valence-corrected chi connectivity index (χ4v) is 5.50. The standard InChI is InChI=1S/C15H26N4O2S2/c1-4-15-16-13(11-22-15)9-18-7-12-5-6-14(18)10-19(8-12)23(20,21)17(2)3/h11-12,14H,4-10H2,1-3H3/t12-,14-/m1/s1. The van der Waals surface area contributed by atoms with E-state index in [0.717, 1.165) is 38.0 Å². The van der Waals surface area contributed by atoms with Gasteiger partial charge in [-0.15, -0.1) is 11.3 Å². The van der Waals surface area contributed by atoms with Crippen LogP contribution in [0.5, 0.6) is 0 Å². The summed E-state index contributed by atoms with van der Waals surface area (Å²) in [5.74, 6) is 0.424. The van der Waals surface area contributed by atoms with Crippen LogP contribution in [0.4, 0.5) is 0 Å². The highest BCUT2D eigenvalue weighted by molar-refractivity contribution is 7.86. The molecule has 0 N–H and O–H groups in total. The van der Waals surface area contributed by atoms with Gasteiger partial charge in [-0.25, -0.2) is 4.98 Å². The summed E-state index contributed by atoms with van der Waals surface area (Å²) in [4.78, 5) is 7.11. The van der Waals surface area contributed by atoms with Gasteiger partial charge in [-0.05, 0) is 25.2 Å². The lowest BCUT2D eigenvalue weighted by molar-refractivity contribution is 0.124. The molecule has 6 nitrogen and oxygen atoms in total. The Balaban J connectivity index is 1.74. The van der Waals surface area contributed by atoms with Crippen LogP contribution in [0.25, 0.3) is 0 Å². The summed E-state index contributed by atoms with van der Waals surface area (Å²) in [5, 5.41) is 3.32. The molecule has 0 amide bonds. The molecule has 0 spiro atoms. The smallest absolute Gasteiger partial charge is 0.281 e. The number of piperidine rings is 1. The van der Waals surface area contributed by atoms with Gasteiger partial charge in [0.2, 0.25) is 0 Å². The third-order valence-electron chi connectivity index (χ3n) is 4.85. The van der Waals surface area contributed by atoms with Gasteiger partial charge in [0.25, 0.3) is 10.2 Å². The molecule has 2 bridgehead atoms. The van der Waals surface area contributed by atoms with E-state index in [1.54, 1.807) is 29.7 Å². The Hall–Kier alpha value is -0.540. The minimum Gasteiger partial charge on any atom is -0.293 e. The number of aryl methyl sites for hydroxylation is 1. The van der Waals surface area contributed by atoms with Gasteiger partial charge in [0.15, 0.2) is 0 Å². The number of nitrogens with zero attached hydrogens (tertiary/aromatic N) is 4. The highest BCUT2D eigenvalue weighted by Crippen LogP contribution is 2.31. The minimum atomic E-state index is -3.32. The van der Waals surface area contributed by atoms with E-state index in [4.69, 9.17) is 0 Å². The number of thiazole rings is 1. The van der Waals surface area contributed by atoms with Crippen molar-refractivity contribution in [2.24, 2.45) is 5.92 Å². The number of hydrogen-bond acceptors (Lipinski definition) is 5. The lowest BCUT2D eigenvalue weighted by Crippen LogP contribution is -2.45. The van der Waals surface area contributed by atoms with E-state index in [0.29, 0.717) is 25.0 Å². The Kier molecular flexibility index (Phi) is 5.08. The SMILES string of the molecule is CCc1nc(CN2C[C@H]3CC[C@@H]2CN(S(=O)(=O)N(C)C)C3)cs1. The van der Waals surface area contributed by atoms with Crippen molar-refractivity contribution in [2.75, 3.05) is 33.7 Å². The summed E-state index contributed by atoms with van der Waals surface area (Å²) in [7, 11) is -0.0937. The van der Waals surface area contributed by atoms with Crippen LogP contribution >= 0.6 is 11.3 Å². The molecule has 3 aliphatic heterocycles. The van der Waals surface area contributed by atoms with E-state index >= 15 is 0 Å². The first-order chi connectivity index (χ1) is 10.9. The van der Waals surface area contributed by atoms with Crippen LogP contribution in [0.1, 0.15) is 30.5 Å². The van der Waals surface area contributed by atoms with Gasteiger partial charge in [0.05, 0.1) is 10.7 Å². The molecule has 1 aromatic rings. The van der Waals surface area contributed by atoms with Crippen molar-refractivity contribution >= 4 is 21.5 Å². The molecular weight excluding hydrogens is 332 g/mol. The second-order valence-electron chi connectivity index (χ2n) is 6.72. The largest absolute Gasteiger partial charge is 0.293 e. The molecule has 3 aliphatic rings. The van der Waals surface area contributed by atoms with Crippen LogP contribution in [0.3, 0.4) is 0 Å². The van der Waals surface area contributed by atoms with Gasteiger partial charge in [0, 0.05) is 51.7 Å². The quantitative estimate of drug-likeness (QED) is 0.799. The van der Waals surface area contributed by atoms with Crippen molar-refractivity contribution in [3.63, 3.8) is 0 Å². The fourth-order valence-electron chi connectivity index (χ4n) is 3.54. The van der Waals surface area contributed by atoms with Gasteiger partial charge < -0.3 is 0 Å². The maximum Gasteiger partial charge on any atom is 0.281 e. The summed E-state index contributed by atoms with van der Waals surface area (Å²) >= 11 is 1.72. The highest BCUT2D eigenvalue weighted by Gasteiger charge is 2.39. The molecule has 0 aromatic carbocycles. The Morgan fingerprint density at radius 1 is 1.30 bits per heavy atom. The molecule has 0 saturated carbocycles. The van der Waals surface area contributed by atoms with Crippen LogP contribution < -0.4 is 0 Å². The summed E-state index contributed by atoms with van der Waals surface area (Å²) in [6, 6.07) is 0.301. The monoisotopic (exact) mass is 358 g/mol. The molecule has 0 radical (unpaired) electrons. The second kappa shape index (κ2) is 6.76. The zero-order valence-electron chi connectivity index (χ0n) is 14.1. The van der Waals surface area contributed by atoms with Crippen molar-refractivity contribution < 1.29 is 8.42 Å². The Morgan fingerprint density at radius 2 is 2.09 bits per heavy atom. The van der Waals surface area contributed by atoms with Crippen LogP contribution in [-0.4, -0.2) is 66.7 Å². The molecule has 23 heavy (non-hydrogen) atoms. The molecule has 0 aliphatic carbocycles. The second-order valence-corrected chi connectivity index (χ2v) is 9.80. The first-order valence-corrected chi connectivity index (χ1v) is 10.5. The summed E-state index contributed by atoms with van der Waals surface area (Å²) in [6.45, 7) is 5.18. The molecule has 2 atom stereocenters. The fraction of sp³-hybridized carbons (Fsp3) is 0.800. The molecule has 4 rings (SSSR count). The van der Waals surface area contributed by atoms with Gasteiger partial charge >= 0.3 is 0 Å². The third-order valence-corrected chi connectivity index (χ3v) is 7.76. The summed E-state index contributed by atoms with van der Waals surface area (Å²) in [5.41, 5.74) is 1.13. The summed E-state index contributed by atoms with van der Waals surface area (Å²) < 4.78 is 28.0. The third kappa shape index (κ3) is 3.61. The molecule has 8 heteroatoms. The average Bonchev–Trinajstić information content (AvgIpc) is 2.75. The zero-order chi connectivity index (χ0) is 16.6. The number of rotatable bonds is 5. The number of fused-ring (bicyclic) bond motifs is 4. The van der Waals surface area contributed by atoms with Crippen molar-refractivity contribution in [3.05, 3.63) is 16.1 Å². The van der Waals surface area contributed by atoms with E-state index in [-0.39, 0.29) is 0 Å². The maximum atomic E-state index is 12.5. The van der Waals surface area contributed by atoms with Crippen LogP contribution in [0, 0.1) is 5.92 Å². The maximum absolute atomic E-state index is 12.5. The zero-order valence-corrected chi connectivity index (χ0v) is 15.7. The van der Waals surface area contributed by atoms with Gasteiger partial charge in [-0.3, -0.25) is 4.90 Å². The van der Waals surface area contributed by atoms with Gasteiger partial charge in [-0.1, -0.05) is 6.92 Å². The number of aromatic nitrogens is 1. The van der Waals surface area contributed by atoms with Gasteiger partial charge in [-0.2, -0.15) is 17.0 Å². The Labute approximate surface area is 143 Å². The average molecular weight is 359 g/mol. The first kappa shape index (κ1) is 17.3. The predicted octanol–water partition coefficient (Wildman–Crippen LogP) is 1.41. The normalized spacial score (nSPS) is 26.8. The predicted molar refractivity (Wildman–Crippen MR) is 92.6 cm³/mol. The van der Waals surface area contributed by atoms with Crippen LogP contribution in [0.2, 0.25) is 0 Å². The van der Waals surface area contributed by atoms with E-state index in [1.165, 1.54) is 9.31 Å². The highest BCUT2D eigenvalue weighted by atomic mass is 32.2. The molecule has 3 fully saturated rings. The van der Waals surface area contributed by atoms with Crippen LogP contribution in [-0.2, 0) is 23.2 Å². The van der Waals surface area contributed by atoms with Crippen molar-refractivity contribution in [1.29, 1.82) is 0 Å². The summed E-state index contributed by atoms with van der Waals surface area (Å²) in [6.07, 6.45) is 3.18. The van der Waals surface area contributed by atoms with E-state index in [2.05, 4.69) is 22.2 Å². The molecule has 1 aromatic heterocycles. The van der Waals surface area contributed by atoms with Crippen molar-refractivity contribution in [1.82, 2.24) is 18.5 Å². The first-order valence-electron chi connectivity index (χ1n) is 8.25. The molecule has 0 unspecified atom stereocenters. The Bertz CT molecular complexity index is 644. The van der Waals surface area contributed by atoms with E-state index in [9.17, 15) is 8.42 Å². The van der Waals surface area contributed by atoms with Gasteiger partial charge in [0.1, 0.15) is 0 Å². The van der Waals surface area contributed by atoms with Crippen molar-refractivity contribution in [3.8, 4) is 0 Å². The molecular formula is C15H26N4O2S2.